The number of hydrogen-bond donors (Lipinski definition) is 1. The molecule has 1 aliphatic heterocycles. The Kier molecular flexibility index (Phi) is 4.18. The van der Waals surface area contributed by atoms with Crippen molar-refractivity contribution in [2.75, 3.05) is 18.1 Å². The van der Waals surface area contributed by atoms with Gasteiger partial charge in [0.1, 0.15) is 24.7 Å². The summed E-state index contributed by atoms with van der Waals surface area (Å²) < 4.78 is 11.4. The van der Waals surface area contributed by atoms with Crippen LogP contribution in [-0.2, 0) is 6.61 Å². The standard InChI is InChI=1S/C19H17N3O3/c23-13-18-20-12-17-19(21-18)22(10-11-24-17)14-6-8-16(9-7-14)25-15-4-2-1-3-5-15/h1-9,12,23H,10-11,13H2. The summed E-state index contributed by atoms with van der Waals surface area (Å²) in [5.74, 6) is 3.22. The molecule has 0 radical (unpaired) electrons. The molecule has 0 unspecified atom stereocenters. The highest BCUT2D eigenvalue weighted by Crippen LogP contribution is 2.35. The average Bonchev–Trinajstić information content (AvgIpc) is 2.68. The fourth-order valence-electron chi connectivity index (χ4n) is 2.69. The number of hydrogen-bond acceptors (Lipinski definition) is 6. The van der Waals surface area contributed by atoms with Gasteiger partial charge in [-0.2, -0.15) is 0 Å². The average molecular weight is 335 g/mol. The molecule has 0 amide bonds. The predicted molar refractivity (Wildman–Crippen MR) is 93.4 cm³/mol. The minimum absolute atomic E-state index is 0.203. The second-order valence-corrected chi connectivity index (χ2v) is 5.54. The molecular formula is C19H17N3O3. The summed E-state index contributed by atoms with van der Waals surface area (Å²) in [4.78, 5) is 10.5. The maximum absolute atomic E-state index is 9.27. The Bertz CT molecular complexity index is 854. The lowest BCUT2D eigenvalue weighted by molar-refractivity contribution is 0.268. The smallest absolute Gasteiger partial charge is 0.180 e. The SMILES string of the molecule is OCc1ncc2c(n1)N(c1ccc(Oc3ccccc3)cc1)CCO2. The first-order valence-electron chi connectivity index (χ1n) is 8.03. The van der Waals surface area contributed by atoms with E-state index >= 15 is 0 Å². The molecule has 0 fully saturated rings. The molecule has 4 rings (SSSR count). The summed E-state index contributed by atoms with van der Waals surface area (Å²) in [7, 11) is 0. The maximum Gasteiger partial charge on any atom is 0.180 e. The van der Waals surface area contributed by atoms with Gasteiger partial charge in [-0.05, 0) is 36.4 Å². The molecule has 6 heteroatoms. The summed E-state index contributed by atoms with van der Waals surface area (Å²) in [5, 5.41) is 9.27. The van der Waals surface area contributed by atoms with Crippen molar-refractivity contribution in [2.45, 2.75) is 6.61 Å². The van der Waals surface area contributed by atoms with Crippen molar-refractivity contribution in [3.63, 3.8) is 0 Å². The number of anilines is 2. The number of nitrogens with zero attached hydrogens (tertiary/aromatic N) is 3. The van der Waals surface area contributed by atoms with E-state index < -0.39 is 0 Å². The molecule has 2 heterocycles. The molecule has 0 atom stereocenters. The van der Waals surface area contributed by atoms with E-state index in [1.54, 1.807) is 6.20 Å². The molecule has 6 nitrogen and oxygen atoms in total. The van der Waals surface area contributed by atoms with Gasteiger partial charge in [0.15, 0.2) is 17.4 Å². The van der Waals surface area contributed by atoms with Gasteiger partial charge < -0.3 is 19.5 Å². The lowest BCUT2D eigenvalue weighted by atomic mass is 10.2. The molecule has 0 saturated carbocycles. The number of aliphatic hydroxyl groups excluding tert-OH is 1. The largest absolute Gasteiger partial charge is 0.486 e. The van der Waals surface area contributed by atoms with Crippen molar-refractivity contribution in [2.24, 2.45) is 0 Å². The van der Waals surface area contributed by atoms with Crippen molar-refractivity contribution in [3.8, 4) is 17.2 Å². The minimum atomic E-state index is -0.203. The van der Waals surface area contributed by atoms with Crippen LogP contribution in [0.25, 0.3) is 0 Å². The minimum Gasteiger partial charge on any atom is -0.486 e. The summed E-state index contributed by atoms with van der Waals surface area (Å²) >= 11 is 0. The van der Waals surface area contributed by atoms with Crippen LogP contribution in [0.2, 0.25) is 0 Å². The van der Waals surface area contributed by atoms with E-state index in [0.29, 0.717) is 30.5 Å². The van der Waals surface area contributed by atoms with Crippen LogP contribution in [0.3, 0.4) is 0 Å². The molecular weight excluding hydrogens is 318 g/mol. The van der Waals surface area contributed by atoms with Gasteiger partial charge in [-0.3, -0.25) is 0 Å². The molecule has 25 heavy (non-hydrogen) atoms. The van der Waals surface area contributed by atoms with E-state index in [4.69, 9.17) is 9.47 Å². The Morgan fingerprint density at radius 3 is 2.56 bits per heavy atom. The van der Waals surface area contributed by atoms with Crippen LogP contribution in [0.15, 0.2) is 60.8 Å². The van der Waals surface area contributed by atoms with E-state index in [0.717, 1.165) is 17.2 Å². The van der Waals surface area contributed by atoms with Gasteiger partial charge in [0.05, 0.1) is 12.7 Å². The quantitative estimate of drug-likeness (QED) is 0.789. The van der Waals surface area contributed by atoms with Gasteiger partial charge in [0.2, 0.25) is 0 Å². The number of benzene rings is 2. The highest BCUT2D eigenvalue weighted by Gasteiger charge is 2.22. The first kappa shape index (κ1) is 15.4. The predicted octanol–water partition coefficient (Wildman–Crippen LogP) is 3.29. The monoisotopic (exact) mass is 335 g/mol. The molecule has 1 aliphatic rings. The van der Waals surface area contributed by atoms with Crippen molar-refractivity contribution < 1.29 is 14.6 Å². The summed E-state index contributed by atoms with van der Waals surface area (Å²) in [6.07, 6.45) is 1.60. The van der Waals surface area contributed by atoms with E-state index in [-0.39, 0.29) is 6.61 Å². The Balaban J connectivity index is 1.59. The number of rotatable bonds is 4. The fraction of sp³-hybridized carbons (Fsp3) is 0.158. The Hall–Kier alpha value is -3.12. The van der Waals surface area contributed by atoms with Gasteiger partial charge in [-0.1, -0.05) is 18.2 Å². The third kappa shape index (κ3) is 3.25. The number of aliphatic hydroxyl groups is 1. The van der Waals surface area contributed by atoms with E-state index in [1.165, 1.54) is 0 Å². The van der Waals surface area contributed by atoms with Crippen LogP contribution in [0.4, 0.5) is 11.5 Å². The topological polar surface area (TPSA) is 67.7 Å². The maximum atomic E-state index is 9.27. The van der Waals surface area contributed by atoms with Crippen molar-refractivity contribution in [1.29, 1.82) is 0 Å². The van der Waals surface area contributed by atoms with E-state index in [1.807, 2.05) is 59.5 Å². The van der Waals surface area contributed by atoms with Crippen LogP contribution < -0.4 is 14.4 Å². The zero-order chi connectivity index (χ0) is 17.1. The summed E-state index contributed by atoms with van der Waals surface area (Å²) in [5.41, 5.74) is 0.979. The van der Waals surface area contributed by atoms with Gasteiger partial charge >= 0.3 is 0 Å². The molecule has 1 aromatic heterocycles. The Morgan fingerprint density at radius 2 is 1.80 bits per heavy atom. The molecule has 3 aromatic rings. The zero-order valence-corrected chi connectivity index (χ0v) is 13.5. The Labute approximate surface area is 145 Å². The number of para-hydroxylation sites is 1. The molecule has 2 aromatic carbocycles. The van der Waals surface area contributed by atoms with Crippen LogP contribution in [-0.4, -0.2) is 28.2 Å². The molecule has 0 aliphatic carbocycles. The lowest BCUT2D eigenvalue weighted by Gasteiger charge is -2.30. The molecule has 126 valence electrons. The first-order chi connectivity index (χ1) is 12.3. The van der Waals surface area contributed by atoms with Crippen LogP contribution in [0, 0.1) is 0 Å². The van der Waals surface area contributed by atoms with Crippen molar-refractivity contribution in [1.82, 2.24) is 9.97 Å². The van der Waals surface area contributed by atoms with Gasteiger partial charge in [0, 0.05) is 5.69 Å². The zero-order valence-electron chi connectivity index (χ0n) is 13.5. The summed E-state index contributed by atoms with van der Waals surface area (Å²) in [6, 6.07) is 17.5. The van der Waals surface area contributed by atoms with Gasteiger partial charge in [0.25, 0.3) is 0 Å². The number of aromatic nitrogens is 2. The third-order valence-electron chi connectivity index (χ3n) is 3.88. The van der Waals surface area contributed by atoms with E-state index in [9.17, 15) is 5.11 Å². The number of fused-ring (bicyclic) bond motifs is 1. The second-order valence-electron chi connectivity index (χ2n) is 5.54. The second kappa shape index (κ2) is 6.78. The van der Waals surface area contributed by atoms with Crippen LogP contribution >= 0.6 is 0 Å². The molecule has 1 N–H and O–H groups in total. The van der Waals surface area contributed by atoms with Crippen LogP contribution in [0.1, 0.15) is 5.82 Å². The molecule has 0 saturated heterocycles. The highest BCUT2D eigenvalue weighted by atomic mass is 16.5. The third-order valence-corrected chi connectivity index (χ3v) is 3.88. The number of ether oxygens (including phenoxy) is 2. The fourth-order valence-corrected chi connectivity index (χ4v) is 2.69. The normalized spacial score (nSPS) is 13.1. The molecule has 0 spiro atoms. The van der Waals surface area contributed by atoms with Gasteiger partial charge in [-0.15, -0.1) is 0 Å². The Morgan fingerprint density at radius 1 is 1.04 bits per heavy atom. The van der Waals surface area contributed by atoms with Gasteiger partial charge in [-0.25, -0.2) is 9.97 Å². The van der Waals surface area contributed by atoms with Crippen molar-refractivity contribution >= 4 is 11.5 Å². The highest BCUT2D eigenvalue weighted by molar-refractivity contribution is 5.66. The van der Waals surface area contributed by atoms with E-state index in [2.05, 4.69) is 9.97 Å². The molecule has 0 bridgehead atoms. The summed E-state index contributed by atoms with van der Waals surface area (Å²) in [6.45, 7) is 1.02. The first-order valence-corrected chi connectivity index (χ1v) is 8.03. The lowest BCUT2D eigenvalue weighted by Crippen LogP contribution is -2.30. The van der Waals surface area contributed by atoms with Crippen LogP contribution in [0.5, 0.6) is 17.2 Å². The van der Waals surface area contributed by atoms with Crippen molar-refractivity contribution in [3.05, 3.63) is 66.6 Å².